The Labute approximate surface area is 171 Å². The van der Waals surface area contributed by atoms with Crippen LogP contribution >= 0.6 is 11.8 Å². The summed E-state index contributed by atoms with van der Waals surface area (Å²) in [5, 5.41) is 13.4. The largest absolute Gasteiger partial charge is 0.493 e. The summed E-state index contributed by atoms with van der Waals surface area (Å²) in [5.41, 5.74) is 1.56. The van der Waals surface area contributed by atoms with Crippen molar-refractivity contribution < 1.29 is 28.5 Å². The molecule has 0 saturated carbocycles. The fourth-order valence-electron chi connectivity index (χ4n) is 2.68. The molecule has 2 aromatic carbocycles. The van der Waals surface area contributed by atoms with Crippen molar-refractivity contribution in [1.82, 2.24) is 0 Å². The number of rotatable bonds is 6. The standard InChI is InChI=1S/C20H18N2O6S/c1-12-7-14(29-11-21)3-4-15(12)22-18(23)10-28-20(24)13-8-16(25-2)19-17(9-13)26-5-6-27-19/h3-4,7-9H,5-6,10H2,1-2H3,(H,22,23). The molecule has 9 heteroatoms. The first-order valence-corrected chi connectivity index (χ1v) is 9.44. The molecule has 1 N–H and O–H groups in total. The molecule has 29 heavy (non-hydrogen) atoms. The van der Waals surface area contributed by atoms with Crippen LogP contribution in [-0.2, 0) is 9.53 Å². The SMILES string of the molecule is COc1cc(C(=O)OCC(=O)Nc2ccc(SC#N)cc2C)cc2c1OCCO2. The van der Waals surface area contributed by atoms with Crippen LogP contribution in [0.3, 0.4) is 0 Å². The van der Waals surface area contributed by atoms with Gasteiger partial charge in [-0.1, -0.05) is 0 Å². The molecule has 0 bridgehead atoms. The Morgan fingerprint density at radius 2 is 2.03 bits per heavy atom. The van der Waals surface area contributed by atoms with Crippen LogP contribution in [0.1, 0.15) is 15.9 Å². The molecule has 1 amide bonds. The summed E-state index contributed by atoms with van der Waals surface area (Å²) < 4.78 is 21.3. The van der Waals surface area contributed by atoms with E-state index in [0.29, 0.717) is 36.1 Å². The highest BCUT2D eigenvalue weighted by Crippen LogP contribution is 2.40. The van der Waals surface area contributed by atoms with Gasteiger partial charge in [0.05, 0.1) is 12.7 Å². The minimum absolute atomic E-state index is 0.188. The lowest BCUT2D eigenvalue weighted by molar-refractivity contribution is -0.119. The first kappa shape index (κ1) is 20.4. The zero-order chi connectivity index (χ0) is 20.8. The van der Waals surface area contributed by atoms with Gasteiger partial charge >= 0.3 is 5.97 Å². The number of hydrogen-bond acceptors (Lipinski definition) is 8. The lowest BCUT2D eigenvalue weighted by Crippen LogP contribution is -2.22. The van der Waals surface area contributed by atoms with Crippen molar-refractivity contribution >= 4 is 29.3 Å². The second-order valence-electron chi connectivity index (χ2n) is 6.00. The highest BCUT2D eigenvalue weighted by atomic mass is 32.2. The number of aryl methyl sites for hydroxylation is 1. The molecule has 3 rings (SSSR count). The summed E-state index contributed by atoms with van der Waals surface area (Å²) in [5.74, 6) is 0.00333. The first-order chi connectivity index (χ1) is 14.0. The van der Waals surface area contributed by atoms with E-state index in [0.717, 1.165) is 22.2 Å². The number of thiocyanates is 1. The van der Waals surface area contributed by atoms with E-state index in [1.54, 1.807) is 18.2 Å². The zero-order valence-electron chi connectivity index (χ0n) is 15.8. The molecule has 0 fully saturated rings. The summed E-state index contributed by atoms with van der Waals surface area (Å²) in [7, 11) is 1.46. The molecular formula is C20H18N2O6S. The number of carbonyl (C=O) groups excluding carboxylic acids is 2. The minimum atomic E-state index is -0.687. The lowest BCUT2D eigenvalue weighted by Gasteiger charge is -2.21. The van der Waals surface area contributed by atoms with Gasteiger partial charge in [0.15, 0.2) is 18.1 Å². The fraction of sp³-hybridized carbons (Fsp3) is 0.250. The molecule has 0 aromatic heterocycles. The number of anilines is 1. The molecule has 0 aliphatic carbocycles. The third-order valence-electron chi connectivity index (χ3n) is 4.03. The average molecular weight is 414 g/mol. The van der Waals surface area contributed by atoms with E-state index in [1.807, 2.05) is 12.3 Å². The summed E-state index contributed by atoms with van der Waals surface area (Å²) >= 11 is 1.04. The van der Waals surface area contributed by atoms with Crippen molar-refractivity contribution in [2.24, 2.45) is 0 Å². The van der Waals surface area contributed by atoms with Crippen LogP contribution in [0, 0.1) is 17.6 Å². The number of nitrogens with zero attached hydrogens (tertiary/aromatic N) is 1. The van der Waals surface area contributed by atoms with Crippen molar-refractivity contribution in [2.45, 2.75) is 11.8 Å². The Balaban J connectivity index is 1.62. The molecule has 1 aliphatic rings. The van der Waals surface area contributed by atoms with E-state index in [1.165, 1.54) is 19.2 Å². The monoisotopic (exact) mass is 414 g/mol. The van der Waals surface area contributed by atoms with Crippen molar-refractivity contribution in [3.63, 3.8) is 0 Å². The molecule has 0 radical (unpaired) electrons. The first-order valence-electron chi connectivity index (χ1n) is 8.63. The van der Waals surface area contributed by atoms with Gasteiger partial charge < -0.3 is 24.3 Å². The van der Waals surface area contributed by atoms with Gasteiger partial charge in [-0.25, -0.2) is 4.79 Å². The third-order valence-corrected chi connectivity index (χ3v) is 4.61. The molecule has 8 nitrogen and oxygen atoms in total. The van der Waals surface area contributed by atoms with E-state index in [2.05, 4.69) is 5.32 Å². The molecule has 0 spiro atoms. The van der Waals surface area contributed by atoms with Gasteiger partial charge in [-0.05, 0) is 54.6 Å². The molecule has 0 atom stereocenters. The van der Waals surface area contributed by atoms with Crippen LogP contribution in [0.15, 0.2) is 35.2 Å². The number of thioether (sulfide) groups is 1. The summed E-state index contributed by atoms with van der Waals surface area (Å²) in [6.07, 6.45) is 0. The molecule has 1 heterocycles. The lowest BCUT2D eigenvalue weighted by atomic mass is 10.1. The minimum Gasteiger partial charge on any atom is -0.493 e. The van der Waals surface area contributed by atoms with E-state index in [-0.39, 0.29) is 5.56 Å². The Bertz CT molecular complexity index is 968. The zero-order valence-corrected chi connectivity index (χ0v) is 16.6. The second kappa shape index (κ2) is 9.21. The number of nitriles is 1. The maximum atomic E-state index is 12.4. The number of fused-ring (bicyclic) bond motifs is 1. The Morgan fingerprint density at radius 3 is 2.76 bits per heavy atom. The molecule has 0 saturated heterocycles. The quantitative estimate of drug-likeness (QED) is 0.436. The Kier molecular flexibility index (Phi) is 6.46. The van der Waals surface area contributed by atoms with Crippen molar-refractivity contribution in [3.8, 4) is 22.6 Å². The number of esters is 1. The smallest absolute Gasteiger partial charge is 0.338 e. The number of benzene rings is 2. The number of nitrogens with one attached hydrogen (secondary N) is 1. The topological polar surface area (TPSA) is 107 Å². The van der Waals surface area contributed by atoms with E-state index in [9.17, 15) is 9.59 Å². The summed E-state index contributed by atoms with van der Waals surface area (Å²) in [6.45, 7) is 2.11. The van der Waals surface area contributed by atoms with Gasteiger partial charge in [-0.2, -0.15) is 5.26 Å². The van der Waals surface area contributed by atoms with Gasteiger partial charge in [-0.15, -0.1) is 0 Å². The van der Waals surface area contributed by atoms with Crippen LogP contribution in [0.5, 0.6) is 17.2 Å². The molecule has 1 aliphatic heterocycles. The van der Waals surface area contributed by atoms with Crippen LogP contribution < -0.4 is 19.5 Å². The number of ether oxygens (including phenoxy) is 4. The molecule has 150 valence electrons. The summed E-state index contributed by atoms with van der Waals surface area (Å²) in [6, 6.07) is 8.18. The number of hydrogen-bond donors (Lipinski definition) is 1. The Hall–Kier alpha value is -3.38. The summed E-state index contributed by atoms with van der Waals surface area (Å²) in [4.78, 5) is 25.3. The average Bonchev–Trinajstić information content (AvgIpc) is 2.73. The van der Waals surface area contributed by atoms with Gasteiger partial charge in [0, 0.05) is 10.6 Å². The van der Waals surface area contributed by atoms with Crippen LogP contribution in [0.4, 0.5) is 5.69 Å². The molecule has 2 aromatic rings. The second-order valence-corrected chi connectivity index (χ2v) is 6.86. The third kappa shape index (κ3) is 4.92. The highest BCUT2D eigenvalue weighted by Gasteiger charge is 2.22. The predicted molar refractivity (Wildman–Crippen MR) is 106 cm³/mol. The number of carbonyl (C=O) groups is 2. The maximum Gasteiger partial charge on any atom is 0.338 e. The van der Waals surface area contributed by atoms with Crippen molar-refractivity contribution in [2.75, 3.05) is 32.2 Å². The number of amides is 1. The van der Waals surface area contributed by atoms with Crippen LogP contribution in [0.2, 0.25) is 0 Å². The highest BCUT2D eigenvalue weighted by molar-refractivity contribution is 8.03. The van der Waals surface area contributed by atoms with Crippen molar-refractivity contribution in [3.05, 3.63) is 41.5 Å². The molecule has 0 unspecified atom stereocenters. The van der Waals surface area contributed by atoms with E-state index >= 15 is 0 Å². The van der Waals surface area contributed by atoms with Crippen LogP contribution in [-0.4, -0.2) is 38.8 Å². The van der Waals surface area contributed by atoms with Crippen LogP contribution in [0.25, 0.3) is 0 Å². The number of methoxy groups -OCH3 is 1. The van der Waals surface area contributed by atoms with Gasteiger partial charge in [-0.3, -0.25) is 4.79 Å². The predicted octanol–water partition coefficient (Wildman–Crippen LogP) is 3.14. The van der Waals surface area contributed by atoms with Gasteiger partial charge in [0.1, 0.15) is 18.6 Å². The van der Waals surface area contributed by atoms with E-state index in [4.69, 9.17) is 24.2 Å². The normalized spacial score (nSPS) is 11.9. The molecular weight excluding hydrogens is 396 g/mol. The fourth-order valence-corrected chi connectivity index (χ4v) is 3.16. The van der Waals surface area contributed by atoms with Gasteiger partial charge in [0.25, 0.3) is 5.91 Å². The Morgan fingerprint density at radius 1 is 1.24 bits per heavy atom. The van der Waals surface area contributed by atoms with Crippen molar-refractivity contribution in [1.29, 1.82) is 5.26 Å². The maximum absolute atomic E-state index is 12.4. The van der Waals surface area contributed by atoms with E-state index < -0.39 is 18.5 Å². The van der Waals surface area contributed by atoms with Gasteiger partial charge in [0.2, 0.25) is 5.75 Å².